The molecule has 0 unspecified atom stereocenters. The van der Waals surface area contributed by atoms with Gasteiger partial charge < -0.3 is 59.0 Å². The van der Waals surface area contributed by atoms with Crippen LogP contribution in [-0.4, -0.2) is 135 Å². The molecule has 0 amide bonds. The van der Waals surface area contributed by atoms with Crippen LogP contribution in [0.2, 0.25) is 0 Å². The summed E-state index contributed by atoms with van der Waals surface area (Å²) in [6.45, 7) is 6.11. The molecule has 224 valence electrons. The Kier molecular flexibility index (Phi) is 126. The van der Waals surface area contributed by atoms with Crippen LogP contribution >= 0.6 is 48.9 Å². The quantitative estimate of drug-likeness (QED) is 0.0732. The number of aliphatic hydroxyl groups excluding tert-OH is 4. The van der Waals surface area contributed by atoms with Gasteiger partial charge in [-0.15, -0.1) is 0 Å². The molecular formula is C18H38N8Ni2O5S4. The largest absolute Gasteiger partial charge is 2.00 e. The Morgan fingerprint density at radius 2 is 0.676 bits per heavy atom. The standard InChI is InChI=1S/2C7H18N2O2.4CNS.2Ni.H2O/c2*8-2-1-3-9(4-6-10)5-7-11;4*2-1-3;;;/h2*10-11H,1-8H2;;;;;;;1H2/q;;4*-1;2*+2;. The Balaban J connectivity index is -0.0000000402. The van der Waals surface area contributed by atoms with Crippen molar-refractivity contribution in [3.63, 3.8) is 0 Å². The van der Waals surface area contributed by atoms with E-state index in [2.05, 4.69) is 48.9 Å². The molecule has 0 heterocycles. The molecule has 0 saturated heterocycles. The van der Waals surface area contributed by atoms with Gasteiger partial charge in [0.15, 0.2) is 0 Å². The first kappa shape index (κ1) is 61.0. The molecule has 19 heteroatoms. The molecule has 0 aliphatic rings. The third-order valence-electron chi connectivity index (χ3n) is 3.02. The summed E-state index contributed by atoms with van der Waals surface area (Å²) in [6, 6.07) is 0. The minimum atomic E-state index is 0. The first-order valence-electron chi connectivity index (χ1n) is 9.69. The number of nitrogens with two attached hydrogens (primary N) is 2. The third-order valence-corrected chi connectivity index (χ3v) is 3.02. The van der Waals surface area contributed by atoms with Crippen molar-refractivity contribution in [2.75, 3.05) is 78.8 Å². The predicted molar refractivity (Wildman–Crippen MR) is 156 cm³/mol. The molecule has 0 aliphatic heterocycles. The van der Waals surface area contributed by atoms with E-state index in [0.717, 1.165) is 25.9 Å². The second-order valence-corrected chi connectivity index (χ2v) is 5.96. The molecule has 0 saturated carbocycles. The summed E-state index contributed by atoms with van der Waals surface area (Å²) in [5.74, 6) is 0. The number of thiocarbonyl (C=S) groups is 4. The number of hydrogen-bond donors (Lipinski definition) is 6. The zero-order chi connectivity index (χ0) is 27.9. The smallest absolute Gasteiger partial charge is 0.753 e. The van der Waals surface area contributed by atoms with E-state index in [9.17, 15) is 0 Å². The number of nitrogens with zero attached hydrogens (tertiary/aromatic N) is 6. The van der Waals surface area contributed by atoms with Crippen LogP contribution in [0.5, 0.6) is 0 Å². The first-order chi connectivity index (χ1) is 16.3. The van der Waals surface area contributed by atoms with Crippen molar-refractivity contribution in [3.8, 4) is 0 Å². The molecule has 13 nitrogen and oxygen atoms in total. The summed E-state index contributed by atoms with van der Waals surface area (Å²) in [5.41, 5.74) is 10.6. The molecule has 0 spiro atoms. The van der Waals surface area contributed by atoms with E-state index in [1.54, 1.807) is 0 Å². The molecule has 37 heavy (non-hydrogen) atoms. The molecule has 0 atom stereocenters. The van der Waals surface area contributed by atoms with E-state index < -0.39 is 0 Å². The predicted octanol–water partition coefficient (Wildman–Crippen LogP) is -0.952. The fourth-order valence-electron chi connectivity index (χ4n) is 1.87. The summed E-state index contributed by atoms with van der Waals surface area (Å²) >= 11 is 14.8. The minimum absolute atomic E-state index is 0. The van der Waals surface area contributed by atoms with Gasteiger partial charge in [-0.05, 0) is 39.0 Å². The van der Waals surface area contributed by atoms with Gasteiger partial charge in [0.2, 0.25) is 0 Å². The van der Waals surface area contributed by atoms with Crippen LogP contribution < -0.4 is 11.5 Å². The summed E-state index contributed by atoms with van der Waals surface area (Å²) in [6.07, 6.45) is 1.83. The van der Waals surface area contributed by atoms with Crippen molar-refractivity contribution < 1.29 is 58.9 Å². The third kappa shape index (κ3) is 104. The van der Waals surface area contributed by atoms with E-state index in [1.807, 2.05) is 9.80 Å². The van der Waals surface area contributed by atoms with E-state index >= 15 is 0 Å². The number of aliphatic hydroxyl groups is 4. The van der Waals surface area contributed by atoms with Crippen LogP contribution in [0.3, 0.4) is 0 Å². The Morgan fingerprint density at radius 1 is 0.514 bits per heavy atom. The molecule has 10 N–H and O–H groups in total. The van der Waals surface area contributed by atoms with E-state index in [4.69, 9.17) is 53.5 Å². The summed E-state index contributed by atoms with van der Waals surface area (Å²) < 4.78 is 0. The monoisotopic (exact) mass is 690 g/mol. The molecule has 0 rings (SSSR count). The van der Waals surface area contributed by atoms with Gasteiger partial charge >= 0.3 is 33.0 Å². The van der Waals surface area contributed by atoms with Crippen LogP contribution in [0.1, 0.15) is 12.8 Å². The fourth-order valence-corrected chi connectivity index (χ4v) is 1.87. The van der Waals surface area contributed by atoms with Crippen molar-refractivity contribution in [1.82, 2.24) is 9.80 Å². The van der Waals surface area contributed by atoms with Gasteiger partial charge in [-0.3, -0.25) is 9.80 Å². The maximum absolute atomic E-state index is 8.61. The first-order valence-corrected chi connectivity index (χ1v) is 11.3. The normalized spacial score (nSPS) is 7.35. The molecule has 0 aromatic carbocycles. The molecule has 0 radical (unpaired) electrons. The molecule has 0 fully saturated rings. The van der Waals surface area contributed by atoms with Gasteiger partial charge in [-0.25, -0.2) is 0 Å². The number of isothiocyanates is 4. The molecule has 0 aromatic rings. The Hall–Kier alpha value is -0.173. The van der Waals surface area contributed by atoms with Crippen LogP contribution in [0.4, 0.5) is 0 Å². The van der Waals surface area contributed by atoms with E-state index in [1.165, 1.54) is 20.6 Å². The van der Waals surface area contributed by atoms with Crippen molar-refractivity contribution in [3.05, 3.63) is 21.6 Å². The van der Waals surface area contributed by atoms with Crippen molar-refractivity contribution >= 4 is 69.5 Å². The second-order valence-electron chi connectivity index (χ2n) is 5.23. The SMILES string of the molecule is NCCCN(CCO)CCO.NCCCN(CCO)CCO.O.[N-]=C=S.[N-]=C=S.[N-]=C=S.[N-]=C=S.[Ni+2].[Ni+2]. The zero-order valence-electron chi connectivity index (χ0n) is 20.3. The fraction of sp³-hybridized carbons (Fsp3) is 0.778. The summed E-state index contributed by atoms with van der Waals surface area (Å²) in [7, 11) is 0. The summed E-state index contributed by atoms with van der Waals surface area (Å²) in [4.78, 5) is 3.99. The maximum atomic E-state index is 8.61. The average molecular weight is 692 g/mol. The van der Waals surface area contributed by atoms with Gasteiger partial charge in [0.05, 0.1) is 26.4 Å². The van der Waals surface area contributed by atoms with Crippen molar-refractivity contribution in [2.24, 2.45) is 11.5 Å². The van der Waals surface area contributed by atoms with Crippen LogP contribution in [-0.2, 0) is 33.0 Å². The molecule has 0 aromatic heterocycles. The van der Waals surface area contributed by atoms with Gasteiger partial charge in [-0.2, -0.15) is 20.6 Å². The average Bonchev–Trinajstić information content (AvgIpc) is 2.79. The maximum Gasteiger partial charge on any atom is 2.00 e. The van der Waals surface area contributed by atoms with Crippen LogP contribution in [0.15, 0.2) is 0 Å². The minimum Gasteiger partial charge on any atom is -0.753 e. The summed E-state index contributed by atoms with van der Waals surface area (Å²) in [5, 5.41) is 68.3. The Bertz CT molecular complexity index is 433. The van der Waals surface area contributed by atoms with Gasteiger partial charge in [0, 0.05) is 26.2 Å². The van der Waals surface area contributed by atoms with Crippen LogP contribution in [0.25, 0.3) is 21.6 Å². The molecule has 0 aliphatic carbocycles. The molecular weight excluding hydrogens is 654 g/mol. The van der Waals surface area contributed by atoms with Gasteiger partial charge in [0.1, 0.15) is 0 Å². The van der Waals surface area contributed by atoms with E-state index in [0.29, 0.717) is 39.3 Å². The van der Waals surface area contributed by atoms with Crippen LogP contribution in [0, 0.1) is 0 Å². The van der Waals surface area contributed by atoms with Crippen molar-refractivity contribution in [2.45, 2.75) is 12.8 Å². The number of hydrogen-bond acceptors (Lipinski definition) is 12. The number of rotatable bonds is 14. The second kappa shape index (κ2) is 76.5. The van der Waals surface area contributed by atoms with Crippen molar-refractivity contribution in [1.29, 1.82) is 0 Å². The Labute approximate surface area is 261 Å². The Morgan fingerprint density at radius 3 is 0.784 bits per heavy atom. The van der Waals surface area contributed by atoms with Gasteiger partial charge in [-0.1, -0.05) is 48.9 Å². The van der Waals surface area contributed by atoms with Gasteiger partial charge in [0.25, 0.3) is 0 Å². The topological polar surface area (TPSA) is 260 Å². The molecule has 0 bridgehead atoms. The zero-order valence-corrected chi connectivity index (χ0v) is 25.5. The van der Waals surface area contributed by atoms with E-state index in [-0.39, 0.29) is 64.9 Å².